The van der Waals surface area contributed by atoms with E-state index in [2.05, 4.69) is 18.9 Å². The van der Waals surface area contributed by atoms with Crippen LogP contribution >= 0.6 is 0 Å². The third-order valence-corrected chi connectivity index (χ3v) is 3.37. The molecule has 0 aromatic carbocycles. The third kappa shape index (κ3) is 4.49. The molecule has 15 heavy (non-hydrogen) atoms. The van der Waals surface area contributed by atoms with Crippen LogP contribution in [-0.4, -0.2) is 43.8 Å². The van der Waals surface area contributed by atoms with E-state index in [4.69, 9.17) is 10.5 Å². The lowest BCUT2D eigenvalue weighted by molar-refractivity contribution is 0.0831. The van der Waals surface area contributed by atoms with Gasteiger partial charge in [-0.3, -0.25) is 0 Å². The Balaban J connectivity index is 2.05. The van der Waals surface area contributed by atoms with Crippen LogP contribution in [0, 0.1) is 0 Å². The normalized spacial score (nSPS) is 26.4. The van der Waals surface area contributed by atoms with Crippen LogP contribution in [0.4, 0.5) is 0 Å². The summed E-state index contributed by atoms with van der Waals surface area (Å²) in [7, 11) is 2.22. The van der Waals surface area contributed by atoms with Crippen LogP contribution in [0.2, 0.25) is 0 Å². The van der Waals surface area contributed by atoms with E-state index < -0.39 is 0 Å². The molecule has 0 amide bonds. The zero-order valence-electron chi connectivity index (χ0n) is 10.2. The second-order valence-corrected chi connectivity index (χ2v) is 4.62. The van der Waals surface area contributed by atoms with Gasteiger partial charge in [0.1, 0.15) is 0 Å². The van der Waals surface area contributed by atoms with Crippen molar-refractivity contribution in [3.05, 3.63) is 0 Å². The number of hydrogen-bond donors (Lipinski definition) is 1. The first-order valence-corrected chi connectivity index (χ1v) is 6.27. The Morgan fingerprint density at radius 3 is 2.60 bits per heavy atom. The Kier molecular flexibility index (Phi) is 6.22. The van der Waals surface area contributed by atoms with Crippen LogP contribution < -0.4 is 5.73 Å². The van der Waals surface area contributed by atoms with E-state index in [1.54, 1.807) is 0 Å². The molecule has 2 atom stereocenters. The molecule has 3 nitrogen and oxygen atoms in total. The highest BCUT2D eigenvalue weighted by molar-refractivity contribution is 4.80. The lowest BCUT2D eigenvalue weighted by atomic mass is 10.1. The summed E-state index contributed by atoms with van der Waals surface area (Å²) in [6.45, 7) is 5.15. The number of nitrogens with two attached hydrogens (primary N) is 1. The highest BCUT2D eigenvalue weighted by Crippen LogP contribution is 2.18. The average Bonchev–Trinajstić information content (AvgIpc) is 2.64. The van der Waals surface area contributed by atoms with Crippen molar-refractivity contribution in [2.45, 2.75) is 51.2 Å². The summed E-state index contributed by atoms with van der Waals surface area (Å²) < 4.78 is 5.57. The predicted molar refractivity (Wildman–Crippen MR) is 64.0 cm³/mol. The van der Waals surface area contributed by atoms with Crippen molar-refractivity contribution >= 4 is 0 Å². The second kappa shape index (κ2) is 7.20. The van der Waals surface area contributed by atoms with Crippen molar-refractivity contribution in [3.63, 3.8) is 0 Å². The zero-order valence-corrected chi connectivity index (χ0v) is 10.2. The number of unbranched alkanes of at least 4 members (excludes halogenated alkanes) is 3. The number of nitrogens with zero attached hydrogens (tertiary/aromatic N) is 1. The standard InChI is InChI=1S/C12H26N2O/c1-11-12(7-10-15-11)14(2)9-6-4-3-5-8-13/h11-12H,3-10,13H2,1-2H3. The van der Waals surface area contributed by atoms with Crippen molar-refractivity contribution in [1.29, 1.82) is 0 Å². The summed E-state index contributed by atoms with van der Waals surface area (Å²) in [5.41, 5.74) is 5.46. The minimum absolute atomic E-state index is 0.416. The molecule has 1 aliphatic rings. The smallest absolute Gasteiger partial charge is 0.0702 e. The Morgan fingerprint density at radius 2 is 2.00 bits per heavy atom. The third-order valence-electron chi connectivity index (χ3n) is 3.37. The average molecular weight is 214 g/mol. The van der Waals surface area contributed by atoms with E-state index in [9.17, 15) is 0 Å². The number of likely N-dealkylation sites (N-methyl/N-ethyl adjacent to an activating group) is 1. The maximum atomic E-state index is 5.57. The first kappa shape index (κ1) is 12.9. The fraction of sp³-hybridized carbons (Fsp3) is 1.00. The molecule has 3 heteroatoms. The van der Waals surface area contributed by atoms with E-state index in [1.807, 2.05) is 0 Å². The fourth-order valence-corrected chi connectivity index (χ4v) is 2.32. The van der Waals surface area contributed by atoms with Gasteiger partial charge in [-0.25, -0.2) is 0 Å². The van der Waals surface area contributed by atoms with E-state index >= 15 is 0 Å². The van der Waals surface area contributed by atoms with Crippen molar-refractivity contribution in [3.8, 4) is 0 Å². The molecule has 1 aliphatic heterocycles. The summed E-state index contributed by atoms with van der Waals surface area (Å²) in [4.78, 5) is 2.46. The minimum Gasteiger partial charge on any atom is -0.377 e. The quantitative estimate of drug-likeness (QED) is 0.654. The van der Waals surface area contributed by atoms with Gasteiger partial charge < -0.3 is 15.4 Å². The predicted octanol–water partition coefficient (Wildman–Crippen LogP) is 1.61. The maximum absolute atomic E-state index is 5.57. The van der Waals surface area contributed by atoms with Gasteiger partial charge >= 0.3 is 0 Å². The molecule has 0 aromatic heterocycles. The molecular weight excluding hydrogens is 188 g/mol. The summed E-state index contributed by atoms with van der Waals surface area (Å²) >= 11 is 0. The molecule has 1 rings (SSSR count). The van der Waals surface area contributed by atoms with Crippen molar-refractivity contribution in [2.24, 2.45) is 5.73 Å². The molecule has 1 saturated heterocycles. The molecule has 0 bridgehead atoms. The SMILES string of the molecule is CC1OCCC1N(C)CCCCCCN. The van der Waals surface area contributed by atoms with Crippen LogP contribution in [-0.2, 0) is 4.74 Å². The molecule has 0 radical (unpaired) electrons. The van der Waals surface area contributed by atoms with Gasteiger partial charge in [0.2, 0.25) is 0 Å². The van der Waals surface area contributed by atoms with E-state index in [0.29, 0.717) is 12.1 Å². The summed E-state index contributed by atoms with van der Waals surface area (Å²) in [6.07, 6.45) is 6.66. The maximum Gasteiger partial charge on any atom is 0.0702 e. The summed E-state index contributed by atoms with van der Waals surface area (Å²) in [6, 6.07) is 0.638. The van der Waals surface area contributed by atoms with E-state index in [-0.39, 0.29) is 0 Å². The zero-order chi connectivity index (χ0) is 11.1. The number of ether oxygens (including phenoxy) is 1. The molecule has 0 aromatic rings. The highest BCUT2D eigenvalue weighted by Gasteiger charge is 2.27. The first-order valence-electron chi connectivity index (χ1n) is 6.27. The van der Waals surface area contributed by atoms with Gasteiger partial charge in [-0.15, -0.1) is 0 Å². The van der Waals surface area contributed by atoms with E-state index in [1.165, 1.54) is 38.6 Å². The van der Waals surface area contributed by atoms with Crippen molar-refractivity contribution < 1.29 is 4.74 Å². The second-order valence-electron chi connectivity index (χ2n) is 4.62. The van der Waals surface area contributed by atoms with Crippen LogP contribution in [0.5, 0.6) is 0 Å². The molecule has 2 N–H and O–H groups in total. The summed E-state index contributed by atoms with van der Waals surface area (Å²) in [5, 5.41) is 0. The topological polar surface area (TPSA) is 38.5 Å². The van der Waals surface area contributed by atoms with Crippen LogP contribution in [0.15, 0.2) is 0 Å². The minimum atomic E-state index is 0.416. The van der Waals surface area contributed by atoms with Gasteiger partial charge in [-0.2, -0.15) is 0 Å². The van der Waals surface area contributed by atoms with E-state index in [0.717, 1.165) is 13.2 Å². The molecule has 2 unspecified atom stereocenters. The Hall–Kier alpha value is -0.120. The van der Waals surface area contributed by atoms with Gasteiger partial charge in [0.05, 0.1) is 6.10 Å². The van der Waals surface area contributed by atoms with Gasteiger partial charge in [-0.1, -0.05) is 12.8 Å². The Bertz CT molecular complexity index is 164. The molecular formula is C12H26N2O. The lowest BCUT2D eigenvalue weighted by Gasteiger charge is -2.26. The van der Waals surface area contributed by atoms with Crippen LogP contribution in [0.1, 0.15) is 39.0 Å². The van der Waals surface area contributed by atoms with Crippen molar-refractivity contribution in [2.75, 3.05) is 26.7 Å². The number of rotatable bonds is 7. The molecule has 0 saturated carbocycles. The van der Waals surface area contributed by atoms with Crippen LogP contribution in [0.3, 0.4) is 0 Å². The summed E-state index contributed by atoms with van der Waals surface area (Å²) in [5.74, 6) is 0. The Morgan fingerprint density at radius 1 is 1.27 bits per heavy atom. The molecule has 0 spiro atoms. The highest BCUT2D eigenvalue weighted by atomic mass is 16.5. The Labute approximate surface area is 94.0 Å². The monoisotopic (exact) mass is 214 g/mol. The molecule has 0 aliphatic carbocycles. The van der Waals surface area contributed by atoms with Gasteiger partial charge in [0.15, 0.2) is 0 Å². The van der Waals surface area contributed by atoms with Gasteiger partial charge in [-0.05, 0) is 46.3 Å². The van der Waals surface area contributed by atoms with Crippen molar-refractivity contribution in [1.82, 2.24) is 4.90 Å². The van der Waals surface area contributed by atoms with Gasteiger partial charge in [0, 0.05) is 12.6 Å². The fourth-order valence-electron chi connectivity index (χ4n) is 2.32. The number of hydrogen-bond acceptors (Lipinski definition) is 3. The van der Waals surface area contributed by atoms with Gasteiger partial charge in [0.25, 0.3) is 0 Å². The lowest BCUT2D eigenvalue weighted by Crippen LogP contribution is -2.37. The van der Waals surface area contributed by atoms with Crippen LogP contribution in [0.25, 0.3) is 0 Å². The molecule has 1 heterocycles. The molecule has 1 fully saturated rings. The largest absolute Gasteiger partial charge is 0.377 e. The molecule has 90 valence electrons. The first-order chi connectivity index (χ1) is 7.25.